The van der Waals surface area contributed by atoms with Crippen LogP contribution in [0.3, 0.4) is 0 Å². The molecule has 1 atom stereocenters. The number of ether oxygens (including phenoxy) is 1. The first-order valence-corrected chi connectivity index (χ1v) is 12.0. The van der Waals surface area contributed by atoms with E-state index in [-0.39, 0.29) is 33.6 Å². The highest BCUT2D eigenvalue weighted by Gasteiger charge is 2.31. The van der Waals surface area contributed by atoms with E-state index >= 15 is 0 Å². The molecule has 6 N–H and O–H groups in total. The number of aryl methyl sites for hydroxylation is 2. The maximum atomic E-state index is 12.6. The molecule has 0 aliphatic heterocycles. The molecule has 0 radical (unpaired) electrons. The van der Waals surface area contributed by atoms with Crippen molar-refractivity contribution in [1.29, 1.82) is 5.41 Å². The van der Waals surface area contributed by atoms with Crippen LogP contribution in [-0.4, -0.2) is 54.1 Å². The van der Waals surface area contributed by atoms with Gasteiger partial charge in [0.15, 0.2) is 5.76 Å². The highest BCUT2D eigenvalue weighted by Crippen LogP contribution is 2.24. The van der Waals surface area contributed by atoms with Gasteiger partial charge in [-0.1, -0.05) is 40.8 Å². The number of carbonyl (C=O) groups is 2. The fraction of sp³-hybridized carbons (Fsp3) is 0.263. The summed E-state index contributed by atoms with van der Waals surface area (Å²) in [6, 6.07) is 5.22. The molecule has 1 unspecified atom stereocenters. The third-order valence-electron chi connectivity index (χ3n) is 4.47. The molecule has 0 saturated heterocycles. The molecule has 0 aliphatic rings. The van der Waals surface area contributed by atoms with Crippen molar-refractivity contribution in [2.45, 2.75) is 31.2 Å². The Bertz CT molecular complexity index is 1310. The first-order chi connectivity index (χ1) is 16.0. The van der Waals surface area contributed by atoms with E-state index in [2.05, 4.69) is 20.1 Å². The number of carbonyl (C=O) groups excluding carboxylic acids is 2. The number of nitrogen functional groups attached to an aromatic ring is 1. The maximum absolute atomic E-state index is 12.6. The quantitative estimate of drug-likeness (QED) is 0.131. The number of nitrogens with zero attached hydrogens (tertiary/aromatic N) is 3. The smallest absolute Gasteiger partial charge is 0.333 e. The van der Waals surface area contributed by atoms with E-state index < -0.39 is 34.5 Å². The first-order valence-electron chi connectivity index (χ1n) is 9.68. The van der Waals surface area contributed by atoms with Crippen molar-refractivity contribution in [1.82, 2.24) is 20.1 Å². The zero-order valence-electron chi connectivity index (χ0n) is 18.1. The Morgan fingerprint density at radius 2 is 1.91 bits per heavy atom. The number of rotatable bonds is 9. The topological polar surface area (TPSA) is 217 Å². The normalized spacial score (nSPS) is 12.3. The van der Waals surface area contributed by atoms with E-state index in [1.165, 1.54) is 13.8 Å². The zero-order chi connectivity index (χ0) is 25.0. The van der Waals surface area contributed by atoms with Gasteiger partial charge in [0.2, 0.25) is 10.0 Å². The van der Waals surface area contributed by atoms with Crippen LogP contribution in [0.15, 0.2) is 33.7 Å². The van der Waals surface area contributed by atoms with E-state index in [9.17, 15) is 18.0 Å². The Labute approximate surface area is 198 Å². The number of aromatic nitrogens is 3. The van der Waals surface area contributed by atoms with Crippen LogP contribution in [-0.2, 0) is 30.8 Å². The standard InChI is InChI=1S/C19H21N7O6S2/c1-9-16(10(2)32-25-9)34(29,30)26-13(8-20)19(28)31-15(27)7-14-23-24-18(33-14)12-5-3-11(4-6-12)17(21)22/h3-6,13,26H,7-8,20H2,1-2H3,(H3,21,22). The molecule has 0 spiro atoms. The summed E-state index contributed by atoms with van der Waals surface area (Å²) in [6.07, 6.45) is -0.358. The average Bonchev–Trinajstić information content (AvgIpc) is 3.38. The summed E-state index contributed by atoms with van der Waals surface area (Å²) in [4.78, 5) is 24.4. The minimum atomic E-state index is -4.20. The Hall–Kier alpha value is -3.53. The van der Waals surface area contributed by atoms with Crippen molar-refractivity contribution in [2.24, 2.45) is 11.5 Å². The molecule has 2 heterocycles. The summed E-state index contributed by atoms with van der Waals surface area (Å²) < 4.78 is 36.9. The van der Waals surface area contributed by atoms with Gasteiger partial charge in [-0.05, 0) is 13.8 Å². The van der Waals surface area contributed by atoms with E-state index in [1.807, 2.05) is 0 Å². The summed E-state index contributed by atoms with van der Waals surface area (Å²) in [5, 5.41) is 19.7. The number of hydrogen-bond acceptors (Lipinski definition) is 12. The van der Waals surface area contributed by atoms with Gasteiger partial charge in [0.05, 0.1) is 0 Å². The second-order valence-electron chi connectivity index (χ2n) is 7.02. The van der Waals surface area contributed by atoms with Crippen LogP contribution in [0.2, 0.25) is 0 Å². The minimum Gasteiger partial charge on any atom is -0.392 e. The van der Waals surface area contributed by atoms with Gasteiger partial charge in [0.1, 0.15) is 38.9 Å². The summed E-state index contributed by atoms with van der Waals surface area (Å²) in [6.45, 7) is 2.38. The predicted octanol–water partition coefficient (Wildman–Crippen LogP) is 0.0121. The monoisotopic (exact) mass is 507 g/mol. The van der Waals surface area contributed by atoms with Crippen molar-refractivity contribution in [2.75, 3.05) is 6.54 Å². The molecule has 0 fully saturated rings. The van der Waals surface area contributed by atoms with Gasteiger partial charge in [-0.15, -0.1) is 10.2 Å². The van der Waals surface area contributed by atoms with Gasteiger partial charge >= 0.3 is 11.9 Å². The molecule has 3 rings (SSSR count). The fourth-order valence-electron chi connectivity index (χ4n) is 2.87. The lowest BCUT2D eigenvalue weighted by Crippen LogP contribution is -2.47. The largest absolute Gasteiger partial charge is 0.392 e. The highest BCUT2D eigenvalue weighted by molar-refractivity contribution is 7.89. The second-order valence-corrected chi connectivity index (χ2v) is 9.74. The van der Waals surface area contributed by atoms with E-state index in [1.54, 1.807) is 24.3 Å². The molecular formula is C19H21N7O6S2. The lowest BCUT2D eigenvalue weighted by Gasteiger charge is -2.15. The van der Waals surface area contributed by atoms with E-state index in [0.717, 1.165) is 11.3 Å². The Morgan fingerprint density at radius 1 is 1.24 bits per heavy atom. The highest BCUT2D eigenvalue weighted by atomic mass is 32.2. The van der Waals surface area contributed by atoms with Crippen molar-refractivity contribution in [3.8, 4) is 10.6 Å². The molecule has 13 nitrogen and oxygen atoms in total. The third kappa shape index (κ3) is 5.69. The lowest BCUT2D eigenvalue weighted by atomic mass is 10.1. The van der Waals surface area contributed by atoms with Gasteiger partial charge in [0.25, 0.3) is 0 Å². The van der Waals surface area contributed by atoms with Gasteiger partial charge in [-0.2, -0.15) is 4.72 Å². The van der Waals surface area contributed by atoms with Crippen LogP contribution in [0.1, 0.15) is 22.0 Å². The molecule has 15 heteroatoms. The van der Waals surface area contributed by atoms with Crippen LogP contribution >= 0.6 is 11.3 Å². The Kier molecular flexibility index (Phi) is 7.51. The van der Waals surface area contributed by atoms with E-state index in [0.29, 0.717) is 16.1 Å². The van der Waals surface area contributed by atoms with Gasteiger partial charge < -0.3 is 20.7 Å². The van der Waals surface area contributed by atoms with Crippen LogP contribution in [0.5, 0.6) is 0 Å². The number of benzene rings is 1. The van der Waals surface area contributed by atoms with Crippen LogP contribution < -0.4 is 16.2 Å². The molecule has 2 aromatic heterocycles. The Morgan fingerprint density at radius 3 is 2.47 bits per heavy atom. The maximum Gasteiger partial charge on any atom is 0.333 e. The van der Waals surface area contributed by atoms with Gasteiger partial charge in [-0.25, -0.2) is 13.2 Å². The zero-order valence-corrected chi connectivity index (χ0v) is 19.7. The van der Waals surface area contributed by atoms with Crippen LogP contribution in [0.4, 0.5) is 0 Å². The fourth-order valence-corrected chi connectivity index (χ4v) is 5.23. The molecule has 180 valence electrons. The van der Waals surface area contributed by atoms with Crippen molar-refractivity contribution in [3.63, 3.8) is 0 Å². The number of esters is 2. The lowest BCUT2D eigenvalue weighted by molar-refractivity contribution is -0.160. The van der Waals surface area contributed by atoms with E-state index in [4.69, 9.17) is 26.1 Å². The van der Waals surface area contributed by atoms with Crippen LogP contribution in [0, 0.1) is 19.3 Å². The molecule has 0 saturated carbocycles. The predicted molar refractivity (Wildman–Crippen MR) is 120 cm³/mol. The number of nitrogens with two attached hydrogens (primary N) is 2. The van der Waals surface area contributed by atoms with Crippen LogP contribution in [0.25, 0.3) is 10.6 Å². The summed E-state index contributed by atoms with van der Waals surface area (Å²) in [5.41, 5.74) is 12.3. The van der Waals surface area contributed by atoms with Crippen molar-refractivity contribution < 1.29 is 27.3 Å². The van der Waals surface area contributed by atoms with Gasteiger partial charge in [0, 0.05) is 17.7 Å². The summed E-state index contributed by atoms with van der Waals surface area (Å²) >= 11 is 1.11. The molecule has 0 amide bonds. The minimum absolute atomic E-state index is 0.0354. The number of nitrogens with one attached hydrogen (secondary N) is 2. The number of amidine groups is 1. The first kappa shape index (κ1) is 25.1. The van der Waals surface area contributed by atoms with Crippen molar-refractivity contribution >= 4 is 39.1 Å². The number of hydrogen-bond donors (Lipinski definition) is 4. The molecular weight excluding hydrogens is 486 g/mol. The van der Waals surface area contributed by atoms with Crippen molar-refractivity contribution in [3.05, 3.63) is 46.3 Å². The Balaban J connectivity index is 1.63. The third-order valence-corrected chi connectivity index (χ3v) is 7.16. The number of sulfonamides is 1. The van der Waals surface area contributed by atoms with Gasteiger partial charge in [-0.3, -0.25) is 10.2 Å². The second kappa shape index (κ2) is 10.2. The molecule has 0 aliphatic carbocycles. The molecule has 3 aromatic rings. The summed E-state index contributed by atoms with van der Waals surface area (Å²) in [5.74, 6) is -2.14. The molecule has 1 aromatic carbocycles. The molecule has 0 bridgehead atoms. The molecule has 34 heavy (non-hydrogen) atoms. The average molecular weight is 508 g/mol. The summed E-state index contributed by atoms with van der Waals surface area (Å²) in [7, 11) is -4.20. The SMILES string of the molecule is Cc1noc(C)c1S(=O)(=O)NC(CN)C(=O)OC(=O)Cc1nnc(-c2ccc(C(=N)N)cc2)s1.